The molecule has 1 saturated heterocycles. The van der Waals surface area contributed by atoms with Crippen LogP contribution in [0.4, 0.5) is 10.8 Å². The fourth-order valence-electron chi connectivity index (χ4n) is 3.31. The molecule has 0 saturated carbocycles. The Hall–Kier alpha value is -2.91. The van der Waals surface area contributed by atoms with Crippen LogP contribution in [0.5, 0.6) is 5.75 Å². The zero-order chi connectivity index (χ0) is 21.5. The lowest BCUT2D eigenvalue weighted by Gasteiger charge is -2.25. The summed E-state index contributed by atoms with van der Waals surface area (Å²) < 4.78 is 5.13. The van der Waals surface area contributed by atoms with Crippen LogP contribution >= 0.6 is 22.7 Å². The molecule has 0 atom stereocenters. The summed E-state index contributed by atoms with van der Waals surface area (Å²) in [5.74, 6) is 0.556. The van der Waals surface area contributed by atoms with E-state index in [4.69, 9.17) is 9.72 Å². The summed E-state index contributed by atoms with van der Waals surface area (Å²) in [6.07, 6.45) is 5.39. The predicted molar refractivity (Wildman–Crippen MR) is 129 cm³/mol. The van der Waals surface area contributed by atoms with Crippen molar-refractivity contribution in [2.45, 2.75) is 19.3 Å². The van der Waals surface area contributed by atoms with E-state index in [0.29, 0.717) is 0 Å². The lowest BCUT2D eigenvalue weighted by atomic mass is 10.1. The quantitative estimate of drug-likeness (QED) is 0.388. The highest BCUT2D eigenvalue weighted by atomic mass is 32.1. The summed E-state index contributed by atoms with van der Waals surface area (Å²) >= 11 is 3.28. The molecule has 3 heterocycles. The van der Waals surface area contributed by atoms with Crippen LogP contribution in [-0.4, -0.2) is 43.8 Å². The van der Waals surface area contributed by atoms with Gasteiger partial charge in [0.2, 0.25) is 0 Å². The average molecular weight is 456 g/mol. The van der Waals surface area contributed by atoms with Crippen molar-refractivity contribution in [2.75, 3.05) is 37.0 Å². The Labute approximate surface area is 189 Å². The number of thiazole rings is 1. The SMILES string of the molecule is COc1ccc(NCC(=O)N/N=C/c2sc(N3CCCCC3)nc2-c2cccs2)cc1. The molecule has 0 spiro atoms. The maximum Gasteiger partial charge on any atom is 0.259 e. The minimum Gasteiger partial charge on any atom is -0.497 e. The zero-order valence-corrected chi connectivity index (χ0v) is 19.0. The van der Waals surface area contributed by atoms with Crippen LogP contribution in [0.3, 0.4) is 0 Å². The second-order valence-electron chi connectivity index (χ2n) is 7.11. The molecular weight excluding hydrogens is 430 g/mol. The molecule has 0 bridgehead atoms. The van der Waals surface area contributed by atoms with Crippen LogP contribution in [0.2, 0.25) is 0 Å². The zero-order valence-electron chi connectivity index (χ0n) is 17.3. The van der Waals surface area contributed by atoms with Gasteiger partial charge in [0.15, 0.2) is 5.13 Å². The van der Waals surface area contributed by atoms with E-state index in [1.807, 2.05) is 35.7 Å². The highest BCUT2D eigenvalue weighted by Gasteiger charge is 2.19. The van der Waals surface area contributed by atoms with E-state index in [-0.39, 0.29) is 12.5 Å². The lowest BCUT2D eigenvalue weighted by Crippen LogP contribution is -2.29. The minimum atomic E-state index is -0.217. The summed E-state index contributed by atoms with van der Waals surface area (Å²) in [5.41, 5.74) is 4.36. The first kappa shape index (κ1) is 21.3. The molecule has 0 unspecified atom stereocenters. The molecule has 1 aliphatic heterocycles. The number of methoxy groups -OCH3 is 1. The first-order chi connectivity index (χ1) is 15.2. The monoisotopic (exact) mass is 455 g/mol. The fraction of sp³-hybridized carbons (Fsp3) is 0.318. The van der Waals surface area contributed by atoms with Gasteiger partial charge in [-0.05, 0) is 55.0 Å². The number of ether oxygens (including phenoxy) is 1. The van der Waals surface area contributed by atoms with Crippen molar-refractivity contribution < 1.29 is 9.53 Å². The number of rotatable bonds is 8. The highest BCUT2D eigenvalue weighted by Crippen LogP contribution is 2.35. The molecule has 3 aromatic rings. The minimum absolute atomic E-state index is 0.128. The molecule has 1 aliphatic rings. The van der Waals surface area contributed by atoms with Gasteiger partial charge >= 0.3 is 0 Å². The number of benzene rings is 1. The number of aromatic nitrogens is 1. The summed E-state index contributed by atoms with van der Waals surface area (Å²) in [6.45, 7) is 2.21. The van der Waals surface area contributed by atoms with Crippen molar-refractivity contribution in [1.82, 2.24) is 10.4 Å². The maximum atomic E-state index is 12.2. The van der Waals surface area contributed by atoms with Crippen LogP contribution in [0.1, 0.15) is 24.1 Å². The Morgan fingerprint density at radius 1 is 1.23 bits per heavy atom. The number of hydrazone groups is 1. The number of carbonyl (C=O) groups excluding carboxylic acids is 1. The molecule has 0 aliphatic carbocycles. The van der Waals surface area contributed by atoms with Gasteiger partial charge in [-0.1, -0.05) is 17.4 Å². The Bertz CT molecular complexity index is 1010. The fourth-order valence-corrected chi connectivity index (χ4v) is 5.11. The van der Waals surface area contributed by atoms with E-state index < -0.39 is 0 Å². The van der Waals surface area contributed by atoms with Crippen LogP contribution in [0.15, 0.2) is 46.9 Å². The molecule has 7 nitrogen and oxygen atoms in total. The third-order valence-electron chi connectivity index (χ3n) is 4.94. The Balaban J connectivity index is 1.38. The third-order valence-corrected chi connectivity index (χ3v) is 6.86. The smallest absolute Gasteiger partial charge is 0.259 e. The lowest BCUT2D eigenvalue weighted by molar-refractivity contribution is -0.119. The molecule has 2 aromatic heterocycles. The standard InChI is InChI=1S/C22H25N5O2S2/c1-29-17-9-7-16(8-10-17)23-15-20(28)26-24-14-19-21(18-6-5-13-30-18)25-22(31-19)27-11-3-2-4-12-27/h5-10,13-14,23H,2-4,11-12,15H2,1H3,(H,26,28)/b24-14+. The van der Waals surface area contributed by atoms with Gasteiger partial charge in [-0.2, -0.15) is 5.10 Å². The summed E-state index contributed by atoms with van der Waals surface area (Å²) in [5, 5.41) is 10.3. The predicted octanol–water partition coefficient (Wildman–Crippen LogP) is 4.43. The number of amides is 1. The van der Waals surface area contributed by atoms with Crippen LogP contribution in [0, 0.1) is 0 Å². The normalized spacial score (nSPS) is 14.0. The van der Waals surface area contributed by atoms with Crippen molar-refractivity contribution >= 4 is 45.6 Å². The third kappa shape index (κ3) is 5.62. The molecule has 0 radical (unpaired) electrons. The van der Waals surface area contributed by atoms with E-state index in [1.54, 1.807) is 36.0 Å². The number of hydrogen-bond acceptors (Lipinski definition) is 8. The van der Waals surface area contributed by atoms with E-state index in [9.17, 15) is 4.79 Å². The number of nitrogens with one attached hydrogen (secondary N) is 2. The Morgan fingerprint density at radius 3 is 2.74 bits per heavy atom. The number of anilines is 2. The largest absolute Gasteiger partial charge is 0.497 e. The maximum absolute atomic E-state index is 12.2. The first-order valence-corrected chi connectivity index (χ1v) is 11.9. The van der Waals surface area contributed by atoms with E-state index in [1.165, 1.54) is 19.3 Å². The number of thiophene rings is 1. The van der Waals surface area contributed by atoms with Gasteiger partial charge in [0, 0.05) is 18.8 Å². The Kier molecular flexibility index (Phi) is 7.16. The molecule has 4 rings (SSSR count). The average Bonchev–Trinajstić information content (AvgIpc) is 3.49. The summed E-state index contributed by atoms with van der Waals surface area (Å²) in [4.78, 5) is 21.5. The van der Waals surface area contributed by atoms with Crippen LogP contribution in [-0.2, 0) is 4.79 Å². The van der Waals surface area contributed by atoms with Crippen molar-refractivity contribution in [3.05, 3.63) is 46.7 Å². The van der Waals surface area contributed by atoms with Crippen molar-refractivity contribution in [3.63, 3.8) is 0 Å². The summed E-state index contributed by atoms with van der Waals surface area (Å²) in [7, 11) is 1.62. The van der Waals surface area contributed by atoms with Gasteiger partial charge in [-0.15, -0.1) is 11.3 Å². The van der Waals surface area contributed by atoms with Crippen molar-refractivity contribution in [2.24, 2.45) is 5.10 Å². The van der Waals surface area contributed by atoms with Crippen molar-refractivity contribution in [1.29, 1.82) is 0 Å². The van der Waals surface area contributed by atoms with Gasteiger partial charge in [0.05, 0.1) is 29.6 Å². The molecule has 31 heavy (non-hydrogen) atoms. The number of hydrogen-bond donors (Lipinski definition) is 2. The molecule has 2 N–H and O–H groups in total. The van der Waals surface area contributed by atoms with Crippen LogP contribution in [0.25, 0.3) is 10.6 Å². The van der Waals surface area contributed by atoms with Gasteiger partial charge in [0.1, 0.15) is 11.4 Å². The Morgan fingerprint density at radius 2 is 2.03 bits per heavy atom. The number of carbonyl (C=O) groups is 1. The molecular formula is C22H25N5O2S2. The molecule has 1 aromatic carbocycles. The topological polar surface area (TPSA) is 78.8 Å². The van der Waals surface area contributed by atoms with E-state index in [0.717, 1.165) is 45.1 Å². The summed E-state index contributed by atoms with van der Waals surface area (Å²) in [6, 6.07) is 11.5. The second kappa shape index (κ2) is 10.4. The van der Waals surface area contributed by atoms with E-state index >= 15 is 0 Å². The van der Waals surface area contributed by atoms with E-state index in [2.05, 4.69) is 26.8 Å². The first-order valence-electron chi connectivity index (χ1n) is 10.2. The molecule has 1 fully saturated rings. The number of nitrogens with zero attached hydrogens (tertiary/aromatic N) is 3. The molecule has 1 amide bonds. The van der Waals surface area contributed by atoms with Gasteiger partial charge < -0.3 is 15.0 Å². The van der Waals surface area contributed by atoms with Crippen molar-refractivity contribution in [3.8, 4) is 16.3 Å². The van der Waals surface area contributed by atoms with Gasteiger partial charge in [0.25, 0.3) is 5.91 Å². The van der Waals surface area contributed by atoms with Crippen LogP contribution < -0.4 is 20.4 Å². The molecule has 162 valence electrons. The second-order valence-corrected chi connectivity index (χ2v) is 9.07. The highest BCUT2D eigenvalue weighted by molar-refractivity contribution is 7.18. The molecule has 9 heteroatoms. The number of piperidine rings is 1. The van der Waals surface area contributed by atoms with Gasteiger partial charge in [-0.25, -0.2) is 10.4 Å². The van der Waals surface area contributed by atoms with Gasteiger partial charge in [-0.3, -0.25) is 4.79 Å².